The number of carbonyl (C=O) groups is 3. The number of halogens is 1. The molecule has 1 aliphatic rings. The summed E-state index contributed by atoms with van der Waals surface area (Å²) in [6.07, 6.45) is 0.129. The highest BCUT2D eigenvalue weighted by atomic mass is 32.1. The summed E-state index contributed by atoms with van der Waals surface area (Å²) in [7, 11) is 0. The summed E-state index contributed by atoms with van der Waals surface area (Å²) in [6, 6.07) is 12.6. The fourth-order valence-corrected chi connectivity index (χ4v) is 4.33. The van der Waals surface area contributed by atoms with Crippen LogP contribution in [0, 0.1) is 5.82 Å². The maximum atomic E-state index is 13.8. The lowest BCUT2D eigenvalue weighted by atomic mass is 10.1. The molecule has 8 heteroatoms. The van der Waals surface area contributed by atoms with E-state index in [0.29, 0.717) is 21.5 Å². The van der Waals surface area contributed by atoms with Crippen LogP contribution in [-0.4, -0.2) is 30.4 Å². The van der Waals surface area contributed by atoms with E-state index in [1.165, 1.54) is 17.0 Å². The Morgan fingerprint density at radius 3 is 2.83 bits per heavy atom. The molecule has 0 bridgehead atoms. The molecule has 4 rings (SSSR count). The van der Waals surface area contributed by atoms with Crippen LogP contribution in [0.1, 0.15) is 23.0 Å². The van der Waals surface area contributed by atoms with Crippen LogP contribution in [0.25, 0.3) is 10.1 Å². The highest BCUT2D eigenvalue weighted by molar-refractivity contribution is 7.20. The van der Waals surface area contributed by atoms with Crippen molar-refractivity contribution in [2.75, 3.05) is 16.8 Å². The van der Waals surface area contributed by atoms with Crippen molar-refractivity contribution in [3.63, 3.8) is 0 Å². The van der Waals surface area contributed by atoms with Gasteiger partial charge < -0.3 is 15.0 Å². The Morgan fingerprint density at radius 2 is 2.03 bits per heavy atom. The Labute approximate surface area is 169 Å². The molecule has 6 nitrogen and oxygen atoms in total. The average molecular weight is 412 g/mol. The Bertz CT molecular complexity index is 1130. The molecule has 1 unspecified atom stereocenters. The van der Waals surface area contributed by atoms with Crippen LogP contribution in [-0.2, 0) is 14.3 Å². The number of ether oxygens (including phenoxy) is 1. The largest absolute Gasteiger partial charge is 0.451 e. The molecule has 2 aromatic carbocycles. The monoisotopic (exact) mass is 412 g/mol. The van der Waals surface area contributed by atoms with Gasteiger partial charge >= 0.3 is 5.97 Å². The summed E-state index contributed by atoms with van der Waals surface area (Å²) in [5.41, 5.74) is 1.08. The van der Waals surface area contributed by atoms with E-state index in [1.54, 1.807) is 43.3 Å². The van der Waals surface area contributed by atoms with Crippen molar-refractivity contribution in [2.45, 2.75) is 19.4 Å². The van der Waals surface area contributed by atoms with Gasteiger partial charge in [0.15, 0.2) is 6.61 Å². The number of nitrogens with one attached hydrogen (secondary N) is 1. The quantitative estimate of drug-likeness (QED) is 0.661. The van der Waals surface area contributed by atoms with Gasteiger partial charge in [0.25, 0.3) is 5.91 Å². The number of hydrogen-bond acceptors (Lipinski definition) is 5. The molecule has 0 saturated heterocycles. The van der Waals surface area contributed by atoms with E-state index < -0.39 is 30.3 Å². The van der Waals surface area contributed by atoms with Gasteiger partial charge in [0.05, 0.1) is 11.4 Å². The van der Waals surface area contributed by atoms with Gasteiger partial charge in [-0.1, -0.05) is 18.2 Å². The van der Waals surface area contributed by atoms with Crippen molar-refractivity contribution in [3.8, 4) is 0 Å². The number of hydrogen-bond donors (Lipinski definition) is 1. The van der Waals surface area contributed by atoms with E-state index in [0.717, 1.165) is 11.3 Å². The van der Waals surface area contributed by atoms with Crippen molar-refractivity contribution in [1.82, 2.24) is 0 Å². The van der Waals surface area contributed by atoms with Crippen molar-refractivity contribution in [3.05, 3.63) is 59.2 Å². The van der Waals surface area contributed by atoms with Gasteiger partial charge in [-0.25, -0.2) is 9.18 Å². The molecule has 0 radical (unpaired) electrons. The lowest BCUT2D eigenvalue weighted by molar-refractivity contribution is -0.122. The molecule has 2 amide bonds. The molecule has 148 valence electrons. The number of anilines is 2. The third-order valence-electron chi connectivity index (χ3n) is 4.66. The molecule has 1 atom stereocenters. The Hall–Kier alpha value is -3.26. The fraction of sp³-hybridized carbons (Fsp3) is 0.190. The topological polar surface area (TPSA) is 75.7 Å². The van der Waals surface area contributed by atoms with Gasteiger partial charge in [-0.2, -0.15) is 0 Å². The highest BCUT2D eigenvalue weighted by Crippen LogP contribution is 2.32. The van der Waals surface area contributed by atoms with Crippen molar-refractivity contribution in [1.29, 1.82) is 0 Å². The zero-order valence-corrected chi connectivity index (χ0v) is 16.3. The Morgan fingerprint density at radius 1 is 1.24 bits per heavy atom. The van der Waals surface area contributed by atoms with Crippen LogP contribution < -0.4 is 10.2 Å². The number of esters is 1. The molecular weight excluding hydrogens is 395 g/mol. The zero-order valence-electron chi connectivity index (χ0n) is 15.5. The van der Waals surface area contributed by atoms with Gasteiger partial charge in [0.2, 0.25) is 5.91 Å². The third kappa shape index (κ3) is 3.71. The lowest BCUT2D eigenvalue weighted by Crippen LogP contribution is -2.41. The fourth-order valence-electron chi connectivity index (χ4n) is 3.36. The molecular formula is C21H17FN2O4S. The number of carbonyl (C=O) groups excluding carboxylic acids is 3. The van der Waals surface area contributed by atoms with Crippen LogP contribution in [0.5, 0.6) is 0 Å². The first kappa shape index (κ1) is 19.1. The molecule has 0 aliphatic carbocycles. The summed E-state index contributed by atoms with van der Waals surface area (Å²) in [4.78, 5) is 38.9. The lowest BCUT2D eigenvalue weighted by Gasteiger charge is -2.27. The maximum Gasteiger partial charge on any atom is 0.348 e. The number of nitrogens with zero attached hydrogens (tertiary/aromatic N) is 1. The van der Waals surface area contributed by atoms with E-state index >= 15 is 0 Å². The minimum atomic E-state index is -0.691. The summed E-state index contributed by atoms with van der Waals surface area (Å²) < 4.78 is 19.7. The van der Waals surface area contributed by atoms with Crippen LogP contribution >= 0.6 is 11.3 Å². The molecule has 0 spiro atoms. The number of amides is 2. The minimum Gasteiger partial charge on any atom is -0.451 e. The van der Waals surface area contributed by atoms with E-state index in [9.17, 15) is 18.8 Å². The number of para-hydroxylation sites is 2. The molecule has 0 fully saturated rings. The number of thiophene rings is 1. The average Bonchev–Trinajstić information content (AvgIpc) is 3.08. The van der Waals surface area contributed by atoms with Gasteiger partial charge in [-0.15, -0.1) is 11.3 Å². The first-order chi connectivity index (χ1) is 13.9. The van der Waals surface area contributed by atoms with Crippen LogP contribution in [0.3, 0.4) is 0 Å². The molecule has 29 heavy (non-hydrogen) atoms. The number of fused-ring (bicyclic) bond motifs is 2. The molecule has 1 aliphatic heterocycles. The molecule has 3 aromatic rings. The normalized spacial score (nSPS) is 16.1. The van der Waals surface area contributed by atoms with E-state index in [-0.39, 0.29) is 17.2 Å². The molecule has 1 aromatic heterocycles. The van der Waals surface area contributed by atoms with Crippen molar-refractivity contribution in [2.24, 2.45) is 0 Å². The Kier molecular flexibility index (Phi) is 5.02. The SMILES string of the molecule is CC1CC(=O)Nc2ccccc2N1C(=O)COC(=O)c1cc2c(F)cccc2s1. The Balaban J connectivity index is 1.52. The summed E-state index contributed by atoms with van der Waals surface area (Å²) in [6.45, 7) is 1.28. The standard InChI is InChI=1S/C21H17FN2O4S/c1-12-9-19(25)23-15-6-2-3-7-16(15)24(12)20(26)11-28-21(27)18-10-13-14(22)5-4-8-17(13)29-18/h2-8,10,12H,9,11H2,1H3,(H,23,25). The molecule has 2 heterocycles. The summed E-state index contributed by atoms with van der Waals surface area (Å²) >= 11 is 1.11. The van der Waals surface area contributed by atoms with Crippen molar-refractivity contribution >= 4 is 50.6 Å². The van der Waals surface area contributed by atoms with Gasteiger partial charge in [-0.3, -0.25) is 9.59 Å². The predicted octanol–water partition coefficient (Wildman–Crippen LogP) is 3.96. The van der Waals surface area contributed by atoms with E-state index in [2.05, 4.69) is 5.32 Å². The second-order valence-electron chi connectivity index (χ2n) is 6.72. The highest BCUT2D eigenvalue weighted by Gasteiger charge is 2.30. The van der Waals surface area contributed by atoms with Gasteiger partial charge in [-0.05, 0) is 37.3 Å². The second-order valence-corrected chi connectivity index (χ2v) is 7.80. The number of benzene rings is 2. The minimum absolute atomic E-state index is 0.129. The number of rotatable bonds is 3. The van der Waals surface area contributed by atoms with Crippen LogP contribution in [0.4, 0.5) is 15.8 Å². The first-order valence-electron chi connectivity index (χ1n) is 9.00. The van der Waals surface area contributed by atoms with Gasteiger partial charge in [0, 0.05) is 22.5 Å². The smallest absolute Gasteiger partial charge is 0.348 e. The second kappa shape index (κ2) is 7.63. The van der Waals surface area contributed by atoms with Crippen LogP contribution in [0.2, 0.25) is 0 Å². The first-order valence-corrected chi connectivity index (χ1v) is 9.82. The maximum absolute atomic E-state index is 13.8. The van der Waals surface area contributed by atoms with Gasteiger partial charge in [0.1, 0.15) is 10.7 Å². The predicted molar refractivity (Wildman–Crippen MR) is 109 cm³/mol. The van der Waals surface area contributed by atoms with E-state index in [4.69, 9.17) is 4.74 Å². The zero-order chi connectivity index (χ0) is 20.5. The third-order valence-corrected chi connectivity index (χ3v) is 5.74. The van der Waals surface area contributed by atoms with E-state index in [1.807, 2.05) is 0 Å². The molecule has 1 N–H and O–H groups in total. The van der Waals surface area contributed by atoms with Crippen LogP contribution in [0.15, 0.2) is 48.5 Å². The summed E-state index contributed by atoms with van der Waals surface area (Å²) in [5, 5.41) is 3.12. The molecule has 0 saturated carbocycles. The summed E-state index contributed by atoms with van der Waals surface area (Å²) in [5.74, 6) is -1.74. The van der Waals surface area contributed by atoms with Crippen molar-refractivity contribution < 1.29 is 23.5 Å².